The average Bonchev–Trinajstić information content (AvgIpc) is 3.75. The van der Waals surface area contributed by atoms with Crippen molar-refractivity contribution in [3.8, 4) is 29.4 Å². The van der Waals surface area contributed by atoms with Crippen molar-refractivity contribution < 1.29 is 14.2 Å². The Kier molecular flexibility index (Phi) is 11.5. The molecular formula is C36H41BrCl2N8O3. The molecular weight excluding hydrogens is 743 g/mol. The molecule has 3 atom stereocenters. The van der Waals surface area contributed by atoms with E-state index >= 15 is 0 Å². The van der Waals surface area contributed by atoms with Gasteiger partial charge in [-0.3, -0.25) is 0 Å². The molecule has 2 aromatic carbocycles. The number of hydrogen-bond acceptors (Lipinski definition) is 9. The number of halogens is 3. The van der Waals surface area contributed by atoms with E-state index in [0.29, 0.717) is 61.9 Å². The summed E-state index contributed by atoms with van der Waals surface area (Å²) in [6.07, 6.45) is 5.20. The molecule has 5 aromatic rings. The fourth-order valence-corrected chi connectivity index (χ4v) is 7.25. The van der Waals surface area contributed by atoms with Gasteiger partial charge in [0.05, 0.1) is 29.2 Å². The summed E-state index contributed by atoms with van der Waals surface area (Å²) in [6, 6.07) is 20.0. The third-order valence-electron chi connectivity index (χ3n) is 9.01. The molecule has 0 spiro atoms. The number of hydrogen-bond donors (Lipinski definition) is 0. The van der Waals surface area contributed by atoms with Gasteiger partial charge in [-0.1, -0.05) is 47.5 Å². The highest BCUT2D eigenvalue weighted by Crippen LogP contribution is 2.45. The van der Waals surface area contributed by atoms with Crippen molar-refractivity contribution in [1.82, 2.24) is 34.5 Å². The molecule has 1 aliphatic heterocycles. The number of pyridine rings is 1. The number of para-hydroxylation sites is 2. The molecule has 7 rings (SSSR count). The van der Waals surface area contributed by atoms with Gasteiger partial charge in [0, 0.05) is 37.5 Å². The lowest BCUT2D eigenvalue weighted by Gasteiger charge is -2.39. The summed E-state index contributed by atoms with van der Waals surface area (Å²) < 4.78 is 21.1. The van der Waals surface area contributed by atoms with Gasteiger partial charge in [-0.25, -0.2) is 14.3 Å². The molecule has 2 bridgehead atoms. The molecule has 0 N–H and O–H groups in total. The maximum Gasteiger partial charge on any atom is 0.321 e. The van der Waals surface area contributed by atoms with Gasteiger partial charge in [0.1, 0.15) is 11.5 Å². The molecule has 14 heteroatoms. The Balaban J connectivity index is 0.000000214. The lowest BCUT2D eigenvalue weighted by Crippen LogP contribution is -2.42. The molecule has 3 aromatic heterocycles. The number of nitrogens with zero attached hydrogens (tertiary/aromatic N) is 8. The SMILES string of the molecule is CC(C)n1nc(Br)nc1Oc1ccccc1Cl.COc1cc(N2C[C@H]3CC[C@@H](C2)C3Cc2nc(Oc3ccccc3Cl)n(C(C)C)n2)ccn1. The van der Waals surface area contributed by atoms with Crippen molar-refractivity contribution >= 4 is 44.8 Å². The Morgan fingerprint density at radius 1 is 0.800 bits per heavy atom. The smallest absolute Gasteiger partial charge is 0.321 e. The maximum atomic E-state index is 6.30. The van der Waals surface area contributed by atoms with Crippen LogP contribution in [0.3, 0.4) is 0 Å². The van der Waals surface area contributed by atoms with Crippen molar-refractivity contribution in [1.29, 1.82) is 0 Å². The highest BCUT2D eigenvalue weighted by molar-refractivity contribution is 9.10. The lowest BCUT2D eigenvalue weighted by molar-refractivity contribution is 0.265. The third kappa shape index (κ3) is 8.35. The Morgan fingerprint density at radius 3 is 1.92 bits per heavy atom. The van der Waals surface area contributed by atoms with Crippen LogP contribution in [0.4, 0.5) is 5.69 Å². The minimum atomic E-state index is 0.143. The first-order valence-electron chi connectivity index (χ1n) is 16.8. The largest absolute Gasteiger partial charge is 0.481 e. The van der Waals surface area contributed by atoms with Crippen LogP contribution in [0.15, 0.2) is 71.6 Å². The zero-order chi connectivity index (χ0) is 35.4. The first kappa shape index (κ1) is 35.9. The molecule has 2 fully saturated rings. The van der Waals surface area contributed by atoms with Crippen LogP contribution in [-0.2, 0) is 6.42 Å². The number of aromatic nitrogens is 7. The van der Waals surface area contributed by atoms with Crippen LogP contribution >= 0.6 is 39.1 Å². The second-order valence-corrected chi connectivity index (χ2v) is 14.6. The quantitative estimate of drug-likeness (QED) is 0.137. The van der Waals surface area contributed by atoms with Crippen LogP contribution in [0.5, 0.6) is 29.4 Å². The fraction of sp³-hybridized carbons (Fsp3) is 0.417. The van der Waals surface area contributed by atoms with Crippen LogP contribution in [0.2, 0.25) is 10.0 Å². The molecule has 2 aliphatic rings. The lowest BCUT2D eigenvalue weighted by atomic mass is 9.82. The first-order chi connectivity index (χ1) is 24.1. The van der Waals surface area contributed by atoms with Gasteiger partial charge in [0.15, 0.2) is 5.82 Å². The van der Waals surface area contributed by atoms with E-state index in [-0.39, 0.29) is 12.1 Å². The van der Waals surface area contributed by atoms with Gasteiger partial charge in [0.25, 0.3) is 0 Å². The van der Waals surface area contributed by atoms with Crippen LogP contribution in [0.25, 0.3) is 0 Å². The molecule has 50 heavy (non-hydrogen) atoms. The third-order valence-corrected chi connectivity index (χ3v) is 9.97. The summed E-state index contributed by atoms with van der Waals surface area (Å²) in [5.41, 5.74) is 1.19. The minimum absolute atomic E-state index is 0.143. The summed E-state index contributed by atoms with van der Waals surface area (Å²) in [6.45, 7) is 10.3. The van der Waals surface area contributed by atoms with Crippen LogP contribution < -0.4 is 19.1 Å². The predicted molar refractivity (Wildman–Crippen MR) is 198 cm³/mol. The molecule has 1 aliphatic carbocycles. The summed E-state index contributed by atoms with van der Waals surface area (Å²) in [5, 5.41) is 10.1. The van der Waals surface area contributed by atoms with Crippen molar-refractivity contribution in [3.05, 3.63) is 87.5 Å². The number of methoxy groups -OCH3 is 1. The van der Waals surface area contributed by atoms with E-state index in [1.54, 1.807) is 23.9 Å². The standard InChI is InChI=1S/C25H30ClN5O2.C11H11BrClN3O/c1-16(2)31-25(33-22-7-5-4-6-21(22)26)28-23(29-31)13-20-17-8-9-18(20)15-30(14-17)19-10-11-27-24(12-19)32-3;1-7(2)16-11(14-10(12)15-16)17-9-6-4-3-5-8(9)13/h4-7,10-12,16-18,20H,8-9,13-15H2,1-3H3;3-7H,1-2H3/t17-,18+,20?;. The summed E-state index contributed by atoms with van der Waals surface area (Å²) in [4.78, 5) is 15.7. The van der Waals surface area contributed by atoms with Gasteiger partial charge >= 0.3 is 12.0 Å². The number of piperidine rings is 1. The molecule has 1 saturated heterocycles. The summed E-state index contributed by atoms with van der Waals surface area (Å²) in [5.74, 6) is 4.52. The van der Waals surface area contributed by atoms with E-state index in [2.05, 4.69) is 55.8 Å². The van der Waals surface area contributed by atoms with Gasteiger partial charge in [-0.05, 0) is 105 Å². The van der Waals surface area contributed by atoms with E-state index < -0.39 is 0 Å². The van der Waals surface area contributed by atoms with Gasteiger partial charge in [-0.2, -0.15) is 15.1 Å². The second-order valence-electron chi connectivity index (χ2n) is 13.0. The van der Waals surface area contributed by atoms with Gasteiger partial charge in [0.2, 0.25) is 10.6 Å². The molecule has 1 saturated carbocycles. The van der Waals surface area contributed by atoms with Crippen LogP contribution in [0, 0.1) is 17.8 Å². The highest BCUT2D eigenvalue weighted by Gasteiger charge is 2.42. The monoisotopic (exact) mass is 782 g/mol. The van der Waals surface area contributed by atoms with E-state index in [9.17, 15) is 0 Å². The topological polar surface area (TPSA) is 105 Å². The van der Waals surface area contributed by atoms with Crippen molar-refractivity contribution in [2.24, 2.45) is 17.8 Å². The van der Waals surface area contributed by atoms with E-state index in [4.69, 9.17) is 47.5 Å². The van der Waals surface area contributed by atoms with Gasteiger partial charge in [-0.15, -0.1) is 5.10 Å². The van der Waals surface area contributed by atoms with Crippen molar-refractivity contribution in [2.75, 3.05) is 25.1 Å². The van der Waals surface area contributed by atoms with E-state index in [1.807, 2.05) is 67.2 Å². The fourth-order valence-electron chi connectivity index (χ4n) is 6.58. The van der Waals surface area contributed by atoms with Gasteiger partial charge < -0.3 is 19.1 Å². The molecule has 0 amide bonds. The predicted octanol–water partition coefficient (Wildman–Crippen LogP) is 9.48. The number of anilines is 1. The Labute approximate surface area is 311 Å². The summed E-state index contributed by atoms with van der Waals surface area (Å²) >= 11 is 15.5. The van der Waals surface area contributed by atoms with E-state index in [0.717, 1.165) is 25.3 Å². The zero-order valence-corrected chi connectivity index (χ0v) is 31.8. The normalized spacial score (nSPS) is 18.3. The van der Waals surface area contributed by atoms with Crippen molar-refractivity contribution in [3.63, 3.8) is 0 Å². The molecule has 11 nitrogen and oxygen atoms in total. The first-order valence-corrected chi connectivity index (χ1v) is 18.3. The number of rotatable bonds is 10. The van der Waals surface area contributed by atoms with Crippen molar-refractivity contribution in [2.45, 2.75) is 59.0 Å². The summed E-state index contributed by atoms with van der Waals surface area (Å²) in [7, 11) is 1.66. The molecule has 4 heterocycles. The number of ether oxygens (including phenoxy) is 3. The number of fused-ring (bicyclic) bond motifs is 2. The Bertz CT molecular complexity index is 1890. The average molecular weight is 785 g/mol. The molecule has 264 valence electrons. The minimum Gasteiger partial charge on any atom is -0.481 e. The Morgan fingerprint density at radius 2 is 1.36 bits per heavy atom. The second kappa shape index (κ2) is 16.0. The molecule has 1 unspecified atom stereocenters. The molecule has 0 radical (unpaired) electrons. The maximum absolute atomic E-state index is 6.30. The zero-order valence-electron chi connectivity index (χ0n) is 28.7. The van der Waals surface area contributed by atoms with Crippen LogP contribution in [0.1, 0.15) is 58.4 Å². The Hall–Kier alpha value is -3.87. The number of benzene rings is 2. The van der Waals surface area contributed by atoms with Crippen LogP contribution in [-0.4, -0.2) is 54.7 Å². The highest BCUT2D eigenvalue weighted by atomic mass is 79.9. The van der Waals surface area contributed by atoms with E-state index in [1.165, 1.54) is 18.5 Å².